The molecule has 0 aromatic carbocycles. The van der Waals surface area contributed by atoms with E-state index in [2.05, 4.69) is 90.0 Å². The molecule has 0 amide bonds. The van der Waals surface area contributed by atoms with Gasteiger partial charge in [-0.15, -0.1) is 0 Å². The van der Waals surface area contributed by atoms with Gasteiger partial charge in [0.1, 0.15) is 0 Å². The molecular weight excluding hydrogens is 353 g/mol. The third-order valence-corrected chi connectivity index (χ3v) is 11.9. The summed E-state index contributed by atoms with van der Waals surface area (Å²) in [6.07, 6.45) is 5.47. The van der Waals surface area contributed by atoms with E-state index in [1.165, 1.54) is 25.7 Å². The molecule has 0 aliphatic rings. The van der Waals surface area contributed by atoms with Crippen molar-refractivity contribution in [3.63, 3.8) is 0 Å². The van der Waals surface area contributed by atoms with Gasteiger partial charge >= 0.3 is 0 Å². The Labute approximate surface area is 158 Å². The van der Waals surface area contributed by atoms with E-state index in [1.54, 1.807) is 0 Å². The molecule has 0 fully saturated rings. The largest absolute Gasteiger partial charge is 0.0995 e. The van der Waals surface area contributed by atoms with Crippen LogP contribution in [0.25, 0.3) is 0 Å². The van der Waals surface area contributed by atoms with Crippen molar-refractivity contribution in [1.82, 2.24) is 0 Å². The highest BCUT2D eigenvalue weighted by molar-refractivity contribution is 6.88. The van der Waals surface area contributed by atoms with Crippen LogP contribution < -0.4 is 0 Å². The van der Waals surface area contributed by atoms with Gasteiger partial charge in [0.25, 0.3) is 0 Å². The van der Waals surface area contributed by atoms with Crippen molar-refractivity contribution in [3.05, 3.63) is 21.8 Å². The molecule has 142 valence electrons. The lowest BCUT2D eigenvalue weighted by Gasteiger charge is -2.26. The van der Waals surface area contributed by atoms with Crippen molar-refractivity contribution in [2.75, 3.05) is 0 Å². The smallest absolute Gasteiger partial charge is 0.0715 e. The maximum absolute atomic E-state index is 2.72. The summed E-state index contributed by atoms with van der Waals surface area (Å²) in [7, 11) is -4.50. The zero-order valence-corrected chi connectivity index (χ0v) is 23.0. The highest BCUT2D eigenvalue weighted by Crippen LogP contribution is 2.27. The van der Waals surface area contributed by atoms with Crippen LogP contribution in [0.3, 0.4) is 0 Å². The van der Waals surface area contributed by atoms with Gasteiger partial charge in [0, 0.05) is 0 Å². The van der Waals surface area contributed by atoms with Crippen LogP contribution in [-0.4, -0.2) is 32.3 Å². The molecule has 0 atom stereocenters. The number of rotatable bonds is 9. The van der Waals surface area contributed by atoms with Gasteiger partial charge in [0.15, 0.2) is 0 Å². The molecule has 0 saturated carbocycles. The Hall–Kier alpha value is 0.348. The SMILES string of the molecule is C[Si](C)(C)C=C(CCCCC(=C[Si](C)(C)C)[Si](C)(C)C)[Si](C)(C)C. The maximum atomic E-state index is 2.72. The number of hydrogen-bond donors (Lipinski definition) is 0. The molecule has 0 spiro atoms. The molecule has 0 unspecified atom stereocenters. The molecule has 0 saturated heterocycles. The summed E-state index contributed by atoms with van der Waals surface area (Å²) in [5, 5.41) is 3.68. The third-order valence-electron chi connectivity index (χ3n) is 4.28. The quantitative estimate of drug-likeness (QED) is 0.273. The molecule has 0 N–H and O–H groups in total. The molecule has 24 heavy (non-hydrogen) atoms. The van der Waals surface area contributed by atoms with Gasteiger partial charge in [-0.1, -0.05) is 100 Å². The van der Waals surface area contributed by atoms with Crippen LogP contribution in [0.5, 0.6) is 0 Å². The summed E-state index contributed by atoms with van der Waals surface area (Å²) in [4.78, 5) is 0. The van der Waals surface area contributed by atoms with Gasteiger partial charge in [0.05, 0.1) is 32.3 Å². The standard InChI is InChI=1S/C20H46Si4/c1-21(2,3)17-19(23(7,8)9)15-13-14-16-20(24(10,11)12)18-22(4,5)6/h17-18H,13-16H2,1-12H3. The van der Waals surface area contributed by atoms with Gasteiger partial charge in [-0.05, 0) is 25.7 Å². The Kier molecular flexibility index (Phi) is 8.95. The summed E-state index contributed by atoms with van der Waals surface area (Å²) in [5.74, 6) is 0. The van der Waals surface area contributed by atoms with Crippen LogP contribution >= 0.6 is 0 Å². The fourth-order valence-corrected chi connectivity index (χ4v) is 13.3. The molecule has 0 nitrogen and oxygen atoms in total. The fourth-order valence-electron chi connectivity index (χ4n) is 3.00. The van der Waals surface area contributed by atoms with E-state index in [4.69, 9.17) is 0 Å². The topological polar surface area (TPSA) is 0 Å². The summed E-state index contributed by atoms with van der Waals surface area (Å²) in [6, 6.07) is 0. The highest BCUT2D eigenvalue weighted by Gasteiger charge is 2.24. The van der Waals surface area contributed by atoms with Crippen LogP contribution in [0, 0.1) is 0 Å². The lowest BCUT2D eigenvalue weighted by Crippen LogP contribution is -2.29. The Bertz CT molecular complexity index is 402. The second-order valence-corrected chi connectivity index (χ2v) is 32.1. The maximum Gasteiger partial charge on any atom is 0.0715 e. The zero-order chi connectivity index (χ0) is 19.4. The molecule has 0 rings (SSSR count). The first-order valence-electron chi connectivity index (χ1n) is 9.86. The van der Waals surface area contributed by atoms with Gasteiger partial charge in [0.2, 0.25) is 0 Å². The summed E-state index contributed by atoms with van der Waals surface area (Å²) >= 11 is 0. The number of unbranched alkanes of at least 4 members (excludes halogenated alkanes) is 1. The van der Waals surface area contributed by atoms with Crippen molar-refractivity contribution < 1.29 is 0 Å². The summed E-state index contributed by atoms with van der Waals surface area (Å²) in [5.41, 5.74) is 5.44. The lowest BCUT2D eigenvalue weighted by atomic mass is 10.2. The molecule has 0 bridgehead atoms. The van der Waals surface area contributed by atoms with E-state index >= 15 is 0 Å². The van der Waals surface area contributed by atoms with Crippen LogP contribution in [0.2, 0.25) is 78.6 Å². The molecule has 0 radical (unpaired) electrons. The van der Waals surface area contributed by atoms with Crippen molar-refractivity contribution in [2.24, 2.45) is 0 Å². The van der Waals surface area contributed by atoms with Crippen molar-refractivity contribution in [1.29, 1.82) is 0 Å². The molecule has 0 aliphatic carbocycles. The normalized spacial score (nSPS) is 15.8. The minimum atomic E-state index is -1.15. The first-order chi connectivity index (χ1) is 10.4. The van der Waals surface area contributed by atoms with Gasteiger partial charge in [-0.25, -0.2) is 0 Å². The zero-order valence-electron chi connectivity index (χ0n) is 19.0. The van der Waals surface area contributed by atoms with Crippen molar-refractivity contribution in [2.45, 2.75) is 104 Å². The van der Waals surface area contributed by atoms with E-state index in [9.17, 15) is 0 Å². The molecule has 0 aromatic heterocycles. The lowest BCUT2D eigenvalue weighted by molar-refractivity contribution is 0.746. The van der Waals surface area contributed by atoms with Crippen LogP contribution in [0.15, 0.2) is 21.8 Å². The van der Waals surface area contributed by atoms with Crippen molar-refractivity contribution >= 4 is 32.3 Å². The molecule has 0 aromatic rings. The molecule has 0 aliphatic heterocycles. The highest BCUT2D eigenvalue weighted by atomic mass is 28.3. The summed E-state index contributed by atoms with van der Waals surface area (Å²) < 4.78 is 0. The van der Waals surface area contributed by atoms with E-state index in [0.29, 0.717) is 0 Å². The third kappa shape index (κ3) is 11.8. The fraction of sp³-hybridized carbons (Fsp3) is 0.800. The predicted octanol–water partition coefficient (Wildman–Crippen LogP) is 7.91. The first kappa shape index (κ1) is 24.3. The van der Waals surface area contributed by atoms with Crippen LogP contribution in [0.1, 0.15) is 25.7 Å². The minimum Gasteiger partial charge on any atom is -0.0995 e. The van der Waals surface area contributed by atoms with E-state index in [1.807, 2.05) is 10.4 Å². The second-order valence-electron chi connectivity index (χ2n) is 11.8. The number of hydrogen-bond acceptors (Lipinski definition) is 0. The van der Waals surface area contributed by atoms with Crippen LogP contribution in [-0.2, 0) is 0 Å². The average Bonchev–Trinajstić information content (AvgIpc) is 2.25. The first-order valence-corrected chi connectivity index (χ1v) is 24.0. The Morgan fingerprint density at radius 1 is 0.500 bits per heavy atom. The monoisotopic (exact) mass is 398 g/mol. The van der Waals surface area contributed by atoms with E-state index in [-0.39, 0.29) is 0 Å². The summed E-state index contributed by atoms with van der Waals surface area (Å²) in [6.45, 7) is 30.0. The van der Waals surface area contributed by atoms with Crippen LogP contribution in [0.4, 0.5) is 0 Å². The number of allylic oxidation sites excluding steroid dienone is 2. The van der Waals surface area contributed by atoms with Gasteiger partial charge in [-0.2, -0.15) is 0 Å². The van der Waals surface area contributed by atoms with Gasteiger partial charge < -0.3 is 0 Å². The molecule has 4 heteroatoms. The van der Waals surface area contributed by atoms with E-state index in [0.717, 1.165) is 0 Å². The predicted molar refractivity (Wildman–Crippen MR) is 128 cm³/mol. The average molecular weight is 399 g/mol. The minimum absolute atomic E-state index is 1.10. The Balaban J connectivity index is 4.90. The Morgan fingerprint density at radius 3 is 0.917 bits per heavy atom. The van der Waals surface area contributed by atoms with E-state index < -0.39 is 32.3 Å². The van der Waals surface area contributed by atoms with Crippen molar-refractivity contribution in [3.8, 4) is 0 Å². The Morgan fingerprint density at radius 2 is 0.750 bits per heavy atom. The second kappa shape index (κ2) is 8.83. The molecule has 0 heterocycles. The molecular formula is C20H46Si4. The van der Waals surface area contributed by atoms with Gasteiger partial charge in [-0.3, -0.25) is 0 Å².